The van der Waals surface area contributed by atoms with Crippen LogP contribution in [0.4, 0.5) is 0 Å². The van der Waals surface area contributed by atoms with Gasteiger partial charge in [0.25, 0.3) is 0 Å². The first kappa shape index (κ1) is 10.7. The van der Waals surface area contributed by atoms with Gasteiger partial charge in [-0.2, -0.15) is 0 Å². The molecule has 1 aromatic carbocycles. The fourth-order valence-corrected chi connectivity index (χ4v) is 1.29. The largest absolute Gasteiger partial charge is 0.493 e. The van der Waals surface area contributed by atoms with E-state index in [0.717, 1.165) is 0 Å². The molecule has 4 nitrogen and oxygen atoms in total. The average Bonchev–Trinajstić information content (AvgIpc) is 2.26. The van der Waals surface area contributed by atoms with Crippen LogP contribution >= 0.6 is 0 Å². The summed E-state index contributed by atoms with van der Waals surface area (Å²) in [6.07, 6.45) is 0. The predicted octanol–water partition coefficient (Wildman–Crippen LogP) is 1.20. The molecule has 1 aromatic rings. The van der Waals surface area contributed by atoms with Gasteiger partial charge >= 0.3 is 0 Å². The lowest BCUT2D eigenvalue weighted by Gasteiger charge is -2.14. The van der Waals surface area contributed by atoms with Gasteiger partial charge in [0.15, 0.2) is 11.5 Å². The van der Waals surface area contributed by atoms with Gasteiger partial charge in [0.1, 0.15) is 0 Å². The molecule has 0 radical (unpaired) electrons. The smallest absolute Gasteiger partial charge is 0.203 e. The van der Waals surface area contributed by atoms with Gasteiger partial charge in [-0.15, -0.1) is 0 Å². The molecule has 78 valence electrons. The van der Waals surface area contributed by atoms with E-state index in [-0.39, 0.29) is 6.61 Å². The lowest BCUT2D eigenvalue weighted by Crippen LogP contribution is -1.98. The second-order valence-corrected chi connectivity index (χ2v) is 2.65. The van der Waals surface area contributed by atoms with Gasteiger partial charge in [-0.3, -0.25) is 0 Å². The minimum atomic E-state index is -0.0937. The molecule has 0 spiro atoms. The number of rotatable bonds is 4. The second-order valence-electron chi connectivity index (χ2n) is 2.65. The van der Waals surface area contributed by atoms with Crippen molar-refractivity contribution in [2.24, 2.45) is 0 Å². The molecule has 0 saturated carbocycles. The summed E-state index contributed by atoms with van der Waals surface area (Å²) < 4.78 is 15.4. The third-order valence-electron chi connectivity index (χ3n) is 1.96. The molecule has 0 atom stereocenters. The monoisotopic (exact) mass is 198 g/mol. The highest BCUT2D eigenvalue weighted by molar-refractivity contribution is 5.55. The summed E-state index contributed by atoms with van der Waals surface area (Å²) in [5.41, 5.74) is 0.671. The lowest BCUT2D eigenvalue weighted by molar-refractivity contribution is 0.267. The number of aliphatic hydroxyl groups is 1. The molecule has 0 fully saturated rings. The molecule has 0 aliphatic carbocycles. The molecule has 0 saturated heterocycles. The molecule has 14 heavy (non-hydrogen) atoms. The molecule has 0 bridgehead atoms. The Balaban J connectivity index is 3.28. The number of ether oxygens (including phenoxy) is 3. The molecule has 0 amide bonds. The minimum absolute atomic E-state index is 0.0937. The fourth-order valence-electron chi connectivity index (χ4n) is 1.29. The van der Waals surface area contributed by atoms with Crippen molar-refractivity contribution in [2.75, 3.05) is 21.3 Å². The number of hydrogen-bond donors (Lipinski definition) is 1. The van der Waals surface area contributed by atoms with Crippen molar-refractivity contribution in [2.45, 2.75) is 6.61 Å². The van der Waals surface area contributed by atoms with Crippen LogP contribution in [0.5, 0.6) is 17.2 Å². The molecular weight excluding hydrogens is 184 g/mol. The maximum Gasteiger partial charge on any atom is 0.203 e. The standard InChI is InChI=1S/C10H14O4/c1-12-8-5-4-7(6-11)9(13-2)10(8)14-3/h4-5,11H,6H2,1-3H3. The van der Waals surface area contributed by atoms with Crippen LogP contribution in [0, 0.1) is 0 Å². The highest BCUT2D eigenvalue weighted by atomic mass is 16.5. The highest BCUT2D eigenvalue weighted by Gasteiger charge is 2.14. The molecule has 1 rings (SSSR count). The van der Waals surface area contributed by atoms with Crippen LogP contribution in [0.3, 0.4) is 0 Å². The van der Waals surface area contributed by atoms with Crippen LogP contribution in [0.15, 0.2) is 12.1 Å². The summed E-state index contributed by atoms with van der Waals surface area (Å²) >= 11 is 0. The average molecular weight is 198 g/mol. The van der Waals surface area contributed by atoms with E-state index in [4.69, 9.17) is 19.3 Å². The van der Waals surface area contributed by atoms with Crippen LogP contribution in [0.1, 0.15) is 5.56 Å². The van der Waals surface area contributed by atoms with Gasteiger partial charge in [-0.1, -0.05) is 0 Å². The number of aliphatic hydroxyl groups excluding tert-OH is 1. The van der Waals surface area contributed by atoms with Crippen LogP contribution in [0.25, 0.3) is 0 Å². The Morgan fingerprint density at radius 3 is 2.07 bits per heavy atom. The SMILES string of the molecule is COc1ccc(CO)c(OC)c1OC. The fraction of sp³-hybridized carbons (Fsp3) is 0.400. The van der Waals surface area contributed by atoms with Gasteiger partial charge in [0.05, 0.1) is 27.9 Å². The van der Waals surface area contributed by atoms with Crippen LogP contribution in [-0.4, -0.2) is 26.4 Å². The lowest BCUT2D eigenvalue weighted by atomic mass is 10.2. The number of methoxy groups -OCH3 is 3. The Labute approximate surface area is 83.0 Å². The Morgan fingerprint density at radius 2 is 1.64 bits per heavy atom. The Hall–Kier alpha value is -1.42. The van der Waals surface area contributed by atoms with Crippen molar-refractivity contribution in [1.82, 2.24) is 0 Å². The summed E-state index contributed by atoms with van der Waals surface area (Å²) in [6, 6.07) is 3.47. The predicted molar refractivity (Wildman–Crippen MR) is 52.0 cm³/mol. The maximum absolute atomic E-state index is 9.06. The van der Waals surface area contributed by atoms with Gasteiger partial charge in [-0.25, -0.2) is 0 Å². The molecule has 0 heterocycles. The van der Waals surface area contributed by atoms with E-state index in [1.807, 2.05) is 0 Å². The van der Waals surface area contributed by atoms with Crippen LogP contribution in [-0.2, 0) is 6.61 Å². The van der Waals surface area contributed by atoms with E-state index < -0.39 is 0 Å². The Morgan fingerprint density at radius 1 is 1.00 bits per heavy atom. The number of benzene rings is 1. The van der Waals surface area contributed by atoms with Gasteiger partial charge in [0, 0.05) is 5.56 Å². The van der Waals surface area contributed by atoms with E-state index >= 15 is 0 Å². The van der Waals surface area contributed by atoms with Crippen LogP contribution in [0.2, 0.25) is 0 Å². The zero-order valence-electron chi connectivity index (χ0n) is 8.53. The normalized spacial score (nSPS) is 9.71. The first-order chi connectivity index (χ1) is 6.78. The van der Waals surface area contributed by atoms with E-state index in [9.17, 15) is 0 Å². The molecule has 0 aliphatic heterocycles. The van der Waals surface area contributed by atoms with E-state index in [1.165, 1.54) is 14.2 Å². The summed E-state index contributed by atoms with van der Waals surface area (Å²) in [5.74, 6) is 1.59. The molecule has 0 unspecified atom stereocenters. The summed E-state index contributed by atoms with van der Waals surface area (Å²) in [5, 5.41) is 9.06. The minimum Gasteiger partial charge on any atom is -0.493 e. The Bertz CT molecular complexity index is 278. The van der Waals surface area contributed by atoms with Crippen LogP contribution < -0.4 is 14.2 Å². The van der Waals surface area contributed by atoms with Crippen molar-refractivity contribution in [3.63, 3.8) is 0 Å². The van der Waals surface area contributed by atoms with Crippen molar-refractivity contribution in [1.29, 1.82) is 0 Å². The molecule has 0 aliphatic rings. The first-order valence-corrected chi connectivity index (χ1v) is 4.17. The van der Waals surface area contributed by atoms with E-state index in [0.29, 0.717) is 22.8 Å². The van der Waals surface area contributed by atoms with Crippen molar-refractivity contribution in [3.05, 3.63) is 17.7 Å². The van der Waals surface area contributed by atoms with Gasteiger partial charge < -0.3 is 19.3 Å². The van der Waals surface area contributed by atoms with Gasteiger partial charge in [-0.05, 0) is 12.1 Å². The maximum atomic E-state index is 9.06. The van der Waals surface area contributed by atoms with E-state index in [1.54, 1.807) is 19.2 Å². The van der Waals surface area contributed by atoms with E-state index in [2.05, 4.69) is 0 Å². The summed E-state index contributed by atoms with van der Waals surface area (Å²) in [4.78, 5) is 0. The number of hydrogen-bond acceptors (Lipinski definition) is 4. The third kappa shape index (κ3) is 1.75. The second kappa shape index (κ2) is 4.72. The van der Waals surface area contributed by atoms with Crippen molar-refractivity contribution in [3.8, 4) is 17.2 Å². The zero-order valence-corrected chi connectivity index (χ0v) is 8.53. The van der Waals surface area contributed by atoms with Gasteiger partial charge in [0.2, 0.25) is 5.75 Å². The summed E-state index contributed by atoms with van der Waals surface area (Å²) in [6.45, 7) is -0.0937. The molecule has 4 heteroatoms. The molecule has 0 aromatic heterocycles. The molecular formula is C10H14O4. The third-order valence-corrected chi connectivity index (χ3v) is 1.96. The topological polar surface area (TPSA) is 47.9 Å². The quantitative estimate of drug-likeness (QED) is 0.789. The first-order valence-electron chi connectivity index (χ1n) is 4.17. The van der Waals surface area contributed by atoms with Crippen molar-refractivity contribution < 1.29 is 19.3 Å². The highest BCUT2D eigenvalue weighted by Crippen LogP contribution is 2.39. The molecule has 1 N–H and O–H groups in total. The summed E-state index contributed by atoms with van der Waals surface area (Å²) in [7, 11) is 4.61. The zero-order chi connectivity index (χ0) is 10.6. The Kier molecular flexibility index (Phi) is 3.59. The van der Waals surface area contributed by atoms with Crippen molar-refractivity contribution >= 4 is 0 Å².